The maximum atomic E-state index is 12.1. The third-order valence-corrected chi connectivity index (χ3v) is 1.95. The molecule has 0 fully saturated rings. The number of nitrogens with zero attached hydrogens (tertiary/aromatic N) is 2. The van der Waals surface area contributed by atoms with Gasteiger partial charge in [0.15, 0.2) is 0 Å². The number of nitro groups is 1. The molecule has 0 saturated carbocycles. The van der Waals surface area contributed by atoms with Gasteiger partial charge in [-0.15, -0.1) is 0 Å². The normalized spacial score (nSPS) is 10.6. The fourth-order valence-electron chi connectivity index (χ4n) is 0.752. The summed E-state index contributed by atoms with van der Waals surface area (Å²) < 4.78 is 24.1. The first-order valence-corrected chi connectivity index (χ1v) is 4.04. The van der Waals surface area contributed by atoms with E-state index in [9.17, 15) is 18.9 Å². The van der Waals surface area contributed by atoms with Gasteiger partial charge >= 0.3 is 12.2 Å². The number of alkyl halides is 2. The molecular weight excluding hydrogens is 266 g/mol. The van der Waals surface area contributed by atoms with Crippen molar-refractivity contribution >= 4 is 21.7 Å². The fourth-order valence-corrected chi connectivity index (χ4v) is 1.16. The van der Waals surface area contributed by atoms with Gasteiger partial charge in [-0.25, -0.2) is 8.78 Å². The van der Waals surface area contributed by atoms with Gasteiger partial charge in [0.05, 0.1) is 4.47 Å². The van der Waals surface area contributed by atoms with E-state index in [4.69, 9.17) is 5.11 Å². The minimum Gasteiger partial charge on any atom is -0.500 e. The number of pyridine rings is 1. The van der Waals surface area contributed by atoms with E-state index in [2.05, 4.69) is 20.9 Å². The van der Waals surface area contributed by atoms with Crippen LogP contribution in [0.3, 0.4) is 0 Å². The van der Waals surface area contributed by atoms with Crippen LogP contribution in [0.1, 0.15) is 12.1 Å². The SMILES string of the molecule is O=[N+]([O-])c1nc(C(F)F)cc(Br)c1O. The van der Waals surface area contributed by atoms with Gasteiger partial charge in [-0.1, -0.05) is 0 Å². The molecule has 0 bridgehead atoms. The Bertz CT molecular complexity index is 386. The standard InChI is InChI=1S/C6H3BrF2N2O3/c7-2-1-3(5(8)9)10-6(4(2)12)11(13)14/h1,5,12H. The molecule has 0 radical (unpaired) electrons. The lowest BCUT2D eigenvalue weighted by Gasteiger charge is -2.00. The van der Waals surface area contributed by atoms with Crippen LogP contribution >= 0.6 is 15.9 Å². The summed E-state index contributed by atoms with van der Waals surface area (Å²) in [6.45, 7) is 0. The zero-order valence-electron chi connectivity index (χ0n) is 6.45. The smallest absolute Gasteiger partial charge is 0.407 e. The zero-order valence-corrected chi connectivity index (χ0v) is 8.03. The summed E-state index contributed by atoms with van der Waals surface area (Å²) in [5.41, 5.74) is -0.763. The van der Waals surface area contributed by atoms with Crippen molar-refractivity contribution in [3.63, 3.8) is 0 Å². The average molecular weight is 269 g/mol. The van der Waals surface area contributed by atoms with Crippen LogP contribution in [0.25, 0.3) is 0 Å². The Balaban J connectivity index is 3.35. The lowest BCUT2D eigenvalue weighted by Crippen LogP contribution is -1.98. The molecule has 0 saturated heterocycles. The lowest BCUT2D eigenvalue weighted by atomic mass is 10.3. The van der Waals surface area contributed by atoms with Crippen molar-refractivity contribution in [2.45, 2.75) is 6.43 Å². The largest absolute Gasteiger partial charge is 0.500 e. The average Bonchev–Trinajstić information content (AvgIpc) is 2.08. The maximum Gasteiger partial charge on any atom is 0.407 e. The van der Waals surface area contributed by atoms with Crippen molar-refractivity contribution in [3.05, 3.63) is 26.3 Å². The van der Waals surface area contributed by atoms with Gasteiger partial charge in [0, 0.05) is 6.07 Å². The van der Waals surface area contributed by atoms with Gasteiger partial charge in [-0.05, 0) is 25.8 Å². The van der Waals surface area contributed by atoms with Gasteiger partial charge in [-0.2, -0.15) is 0 Å². The molecule has 1 rings (SSSR count). The van der Waals surface area contributed by atoms with E-state index in [0.29, 0.717) is 0 Å². The van der Waals surface area contributed by atoms with Crippen LogP contribution in [0.2, 0.25) is 0 Å². The van der Waals surface area contributed by atoms with Gasteiger partial charge in [-0.3, -0.25) is 0 Å². The van der Waals surface area contributed by atoms with Crippen LogP contribution in [0.4, 0.5) is 14.6 Å². The Hall–Kier alpha value is -1.31. The molecule has 0 aliphatic carbocycles. The maximum absolute atomic E-state index is 12.1. The second-order valence-corrected chi connectivity index (χ2v) is 3.11. The topological polar surface area (TPSA) is 76.3 Å². The third-order valence-electron chi connectivity index (χ3n) is 1.34. The summed E-state index contributed by atoms with van der Waals surface area (Å²) in [7, 11) is 0. The van der Waals surface area contributed by atoms with Crippen molar-refractivity contribution in [2.75, 3.05) is 0 Å². The molecule has 1 N–H and O–H groups in total. The summed E-state index contributed by atoms with van der Waals surface area (Å²) >= 11 is 2.71. The summed E-state index contributed by atoms with van der Waals surface area (Å²) in [6, 6.07) is 0.826. The Labute approximate surface area is 84.7 Å². The molecule has 0 unspecified atom stereocenters. The highest BCUT2D eigenvalue weighted by atomic mass is 79.9. The minimum absolute atomic E-state index is 0.186. The van der Waals surface area contributed by atoms with Crippen LogP contribution < -0.4 is 0 Å². The van der Waals surface area contributed by atoms with Crippen LogP contribution in [0, 0.1) is 10.1 Å². The zero-order chi connectivity index (χ0) is 10.9. The molecular formula is C6H3BrF2N2O3. The van der Waals surface area contributed by atoms with Crippen LogP contribution in [-0.4, -0.2) is 15.0 Å². The molecule has 0 aliphatic rings. The molecule has 76 valence electrons. The second-order valence-electron chi connectivity index (χ2n) is 2.26. The Morgan fingerprint density at radius 3 is 2.64 bits per heavy atom. The van der Waals surface area contributed by atoms with Crippen LogP contribution in [-0.2, 0) is 0 Å². The molecule has 1 aromatic rings. The van der Waals surface area contributed by atoms with Crippen molar-refractivity contribution in [2.24, 2.45) is 0 Å². The van der Waals surface area contributed by atoms with Crippen LogP contribution in [0.15, 0.2) is 10.5 Å². The van der Waals surface area contributed by atoms with E-state index >= 15 is 0 Å². The number of aromatic nitrogens is 1. The molecule has 0 spiro atoms. The molecule has 14 heavy (non-hydrogen) atoms. The van der Waals surface area contributed by atoms with Crippen molar-refractivity contribution in [1.29, 1.82) is 0 Å². The van der Waals surface area contributed by atoms with E-state index in [1.54, 1.807) is 0 Å². The first-order chi connectivity index (χ1) is 6.43. The number of rotatable bonds is 2. The van der Waals surface area contributed by atoms with Gasteiger partial charge < -0.3 is 15.2 Å². The molecule has 1 aromatic heterocycles. The van der Waals surface area contributed by atoms with Crippen LogP contribution in [0.5, 0.6) is 5.75 Å². The van der Waals surface area contributed by atoms with E-state index in [-0.39, 0.29) is 4.47 Å². The van der Waals surface area contributed by atoms with Gasteiger partial charge in [0.2, 0.25) is 11.4 Å². The third kappa shape index (κ3) is 1.95. The first-order valence-electron chi connectivity index (χ1n) is 3.25. The number of halogens is 3. The van der Waals surface area contributed by atoms with Gasteiger partial charge in [0.1, 0.15) is 0 Å². The quantitative estimate of drug-likeness (QED) is 0.660. The van der Waals surface area contributed by atoms with E-state index in [0.717, 1.165) is 6.07 Å². The van der Waals surface area contributed by atoms with E-state index in [1.165, 1.54) is 0 Å². The summed E-state index contributed by atoms with van der Waals surface area (Å²) in [6.07, 6.45) is -2.93. The van der Waals surface area contributed by atoms with Gasteiger partial charge in [0.25, 0.3) is 0 Å². The monoisotopic (exact) mass is 268 g/mol. The molecule has 0 aromatic carbocycles. The first kappa shape index (κ1) is 10.8. The Morgan fingerprint density at radius 1 is 1.64 bits per heavy atom. The molecule has 0 atom stereocenters. The summed E-state index contributed by atoms with van der Waals surface area (Å²) in [5.74, 6) is -1.76. The predicted octanol–water partition coefficient (Wildman–Crippen LogP) is 2.40. The van der Waals surface area contributed by atoms with E-state index < -0.39 is 28.6 Å². The summed E-state index contributed by atoms with van der Waals surface area (Å²) in [5, 5.41) is 19.3. The summed E-state index contributed by atoms with van der Waals surface area (Å²) in [4.78, 5) is 12.2. The minimum atomic E-state index is -2.93. The van der Waals surface area contributed by atoms with Crippen molar-refractivity contribution < 1.29 is 18.8 Å². The highest BCUT2D eigenvalue weighted by Gasteiger charge is 2.25. The molecule has 5 nitrogen and oxygen atoms in total. The highest BCUT2D eigenvalue weighted by Crippen LogP contribution is 2.34. The highest BCUT2D eigenvalue weighted by molar-refractivity contribution is 9.10. The Kier molecular flexibility index (Phi) is 2.94. The second kappa shape index (κ2) is 3.82. The molecule has 0 aliphatic heterocycles. The van der Waals surface area contributed by atoms with Crippen molar-refractivity contribution in [3.8, 4) is 5.75 Å². The fraction of sp³-hybridized carbons (Fsp3) is 0.167. The molecule has 1 heterocycles. The van der Waals surface area contributed by atoms with E-state index in [1.807, 2.05) is 0 Å². The number of aromatic hydroxyl groups is 1. The Morgan fingerprint density at radius 2 is 2.21 bits per heavy atom. The molecule has 0 amide bonds. The number of hydrogen-bond donors (Lipinski definition) is 1. The number of hydrogen-bond acceptors (Lipinski definition) is 4. The lowest BCUT2D eigenvalue weighted by molar-refractivity contribution is -0.390. The van der Waals surface area contributed by atoms with Crippen molar-refractivity contribution in [1.82, 2.24) is 4.98 Å². The predicted molar refractivity (Wildman–Crippen MR) is 45.2 cm³/mol. The molecule has 8 heteroatoms.